The lowest BCUT2D eigenvalue weighted by Crippen LogP contribution is -2.20. The third-order valence-corrected chi connectivity index (χ3v) is 3.66. The lowest BCUT2D eigenvalue weighted by Gasteiger charge is -2.10. The summed E-state index contributed by atoms with van der Waals surface area (Å²) in [6.45, 7) is 7.75. The summed E-state index contributed by atoms with van der Waals surface area (Å²) in [5, 5.41) is 2.73. The molecular formula is C21H25NO4. The Labute approximate surface area is 154 Å². The molecule has 0 spiro atoms. The summed E-state index contributed by atoms with van der Waals surface area (Å²) in [4.78, 5) is 23.8. The first-order valence-electron chi connectivity index (χ1n) is 8.69. The minimum absolute atomic E-state index is 0.0852. The predicted molar refractivity (Wildman–Crippen MR) is 102 cm³/mol. The monoisotopic (exact) mass is 355 g/mol. The van der Waals surface area contributed by atoms with Crippen LogP contribution >= 0.6 is 0 Å². The molecule has 2 aromatic rings. The summed E-state index contributed by atoms with van der Waals surface area (Å²) in [7, 11) is 0. The van der Waals surface area contributed by atoms with Crippen molar-refractivity contribution >= 4 is 17.6 Å². The van der Waals surface area contributed by atoms with E-state index in [1.54, 1.807) is 38.1 Å². The molecule has 0 aliphatic carbocycles. The van der Waals surface area contributed by atoms with Gasteiger partial charge < -0.3 is 14.8 Å². The summed E-state index contributed by atoms with van der Waals surface area (Å²) < 4.78 is 10.6. The van der Waals surface area contributed by atoms with Crippen LogP contribution in [-0.4, -0.2) is 24.6 Å². The largest absolute Gasteiger partial charge is 0.484 e. The molecule has 0 saturated heterocycles. The third-order valence-electron chi connectivity index (χ3n) is 3.66. The maximum atomic E-state index is 12.0. The van der Waals surface area contributed by atoms with Crippen LogP contribution in [0.15, 0.2) is 48.5 Å². The Morgan fingerprint density at radius 1 is 0.923 bits per heavy atom. The van der Waals surface area contributed by atoms with E-state index in [1.165, 1.54) is 5.56 Å². The third kappa shape index (κ3) is 5.92. The normalized spacial score (nSPS) is 10.7. The first kappa shape index (κ1) is 19.5. The topological polar surface area (TPSA) is 64.6 Å². The summed E-state index contributed by atoms with van der Waals surface area (Å²) >= 11 is 0. The van der Waals surface area contributed by atoms with E-state index in [1.807, 2.05) is 24.3 Å². The minimum Gasteiger partial charge on any atom is -0.484 e. The van der Waals surface area contributed by atoms with Gasteiger partial charge in [0.25, 0.3) is 5.91 Å². The van der Waals surface area contributed by atoms with E-state index in [0.717, 1.165) is 0 Å². The molecule has 0 aliphatic heterocycles. The molecule has 0 saturated carbocycles. The SMILES string of the molecule is CC(C)OC(=O)c1ccc(NC(=O)COc2ccc(C(C)C)cc2)cc1. The Kier molecular flexibility index (Phi) is 6.78. The van der Waals surface area contributed by atoms with Crippen molar-refractivity contribution in [1.82, 2.24) is 0 Å². The van der Waals surface area contributed by atoms with Gasteiger partial charge in [0.2, 0.25) is 0 Å². The van der Waals surface area contributed by atoms with Gasteiger partial charge in [-0.2, -0.15) is 0 Å². The van der Waals surface area contributed by atoms with Crippen molar-refractivity contribution in [2.45, 2.75) is 39.7 Å². The first-order chi connectivity index (χ1) is 12.3. The van der Waals surface area contributed by atoms with Crippen molar-refractivity contribution in [3.8, 4) is 5.75 Å². The van der Waals surface area contributed by atoms with E-state index >= 15 is 0 Å². The Morgan fingerprint density at radius 2 is 1.54 bits per heavy atom. The standard InChI is InChI=1S/C21H25NO4/c1-14(2)16-7-11-19(12-8-16)25-13-20(23)22-18-9-5-17(6-10-18)21(24)26-15(3)4/h5-12,14-15H,13H2,1-4H3,(H,22,23). The molecular weight excluding hydrogens is 330 g/mol. The predicted octanol–water partition coefficient (Wildman–Crippen LogP) is 4.39. The quantitative estimate of drug-likeness (QED) is 0.748. The van der Waals surface area contributed by atoms with E-state index in [2.05, 4.69) is 19.2 Å². The lowest BCUT2D eigenvalue weighted by molar-refractivity contribution is -0.118. The van der Waals surface area contributed by atoms with E-state index in [-0.39, 0.29) is 24.6 Å². The van der Waals surface area contributed by atoms with Crippen LogP contribution in [0, 0.1) is 0 Å². The number of hydrogen-bond donors (Lipinski definition) is 1. The average molecular weight is 355 g/mol. The van der Waals surface area contributed by atoms with Crippen molar-refractivity contribution in [3.05, 3.63) is 59.7 Å². The van der Waals surface area contributed by atoms with Crippen molar-refractivity contribution in [1.29, 1.82) is 0 Å². The van der Waals surface area contributed by atoms with Crippen LogP contribution in [0.4, 0.5) is 5.69 Å². The molecule has 0 aromatic heterocycles. The van der Waals surface area contributed by atoms with Crippen LogP contribution in [0.3, 0.4) is 0 Å². The molecule has 2 aromatic carbocycles. The highest BCUT2D eigenvalue weighted by atomic mass is 16.5. The molecule has 26 heavy (non-hydrogen) atoms. The number of benzene rings is 2. The molecule has 0 aliphatic rings. The first-order valence-corrected chi connectivity index (χ1v) is 8.69. The van der Waals surface area contributed by atoms with Gasteiger partial charge >= 0.3 is 5.97 Å². The number of anilines is 1. The molecule has 0 heterocycles. The number of carbonyl (C=O) groups excluding carboxylic acids is 2. The average Bonchev–Trinajstić information content (AvgIpc) is 2.60. The number of nitrogens with one attached hydrogen (secondary N) is 1. The zero-order valence-corrected chi connectivity index (χ0v) is 15.6. The number of esters is 1. The lowest BCUT2D eigenvalue weighted by atomic mass is 10.0. The van der Waals surface area contributed by atoms with Gasteiger partial charge in [-0.05, 0) is 61.7 Å². The van der Waals surface area contributed by atoms with Gasteiger partial charge in [-0.1, -0.05) is 26.0 Å². The zero-order chi connectivity index (χ0) is 19.1. The van der Waals surface area contributed by atoms with Crippen LogP contribution in [0.5, 0.6) is 5.75 Å². The number of rotatable bonds is 7. The molecule has 0 atom stereocenters. The van der Waals surface area contributed by atoms with Crippen molar-refractivity contribution in [2.24, 2.45) is 0 Å². The molecule has 0 radical (unpaired) electrons. The molecule has 2 rings (SSSR count). The summed E-state index contributed by atoms with van der Waals surface area (Å²) in [5.41, 5.74) is 2.26. The maximum absolute atomic E-state index is 12.0. The van der Waals surface area contributed by atoms with E-state index in [4.69, 9.17) is 9.47 Å². The fourth-order valence-corrected chi connectivity index (χ4v) is 2.27. The van der Waals surface area contributed by atoms with Gasteiger partial charge in [0.05, 0.1) is 11.7 Å². The molecule has 5 nitrogen and oxygen atoms in total. The Balaban J connectivity index is 1.84. The molecule has 5 heteroatoms. The van der Waals surface area contributed by atoms with Gasteiger partial charge in [0.15, 0.2) is 6.61 Å². The molecule has 0 fully saturated rings. The van der Waals surface area contributed by atoms with Crippen molar-refractivity contribution in [3.63, 3.8) is 0 Å². The van der Waals surface area contributed by atoms with Gasteiger partial charge in [0.1, 0.15) is 5.75 Å². The Hall–Kier alpha value is -2.82. The van der Waals surface area contributed by atoms with Crippen LogP contribution in [0.2, 0.25) is 0 Å². The van der Waals surface area contributed by atoms with Crippen LogP contribution < -0.4 is 10.1 Å². The Bertz CT molecular complexity index is 734. The second-order valence-electron chi connectivity index (χ2n) is 6.59. The van der Waals surface area contributed by atoms with Crippen LogP contribution in [0.25, 0.3) is 0 Å². The summed E-state index contributed by atoms with van der Waals surface area (Å²) in [6, 6.07) is 14.3. The van der Waals surface area contributed by atoms with Gasteiger partial charge in [-0.3, -0.25) is 4.79 Å². The molecule has 138 valence electrons. The van der Waals surface area contributed by atoms with Crippen molar-refractivity contribution in [2.75, 3.05) is 11.9 Å². The second kappa shape index (κ2) is 9.04. The highest BCUT2D eigenvalue weighted by Gasteiger charge is 2.10. The molecule has 0 bridgehead atoms. The van der Waals surface area contributed by atoms with Crippen LogP contribution in [0.1, 0.15) is 49.5 Å². The van der Waals surface area contributed by atoms with E-state index in [0.29, 0.717) is 22.9 Å². The smallest absolute Gasteiger partial charge is 0.338 e. The van der Waals surface area contributed by atoms with Gasteiger partial charge in [-0.25, -0.2) is 4.79 Å². The fourth-order valence-electron chi connectivity index (χ4n) is 2.27. The highest BCUT2D eigenvalue weighted by molar-refractivity contribution is 5.93. The fraction of sp³-hybridized carbons (Fsp3) is 0.333. The number of amides is 1. The molecule has 0 unspecified atom stereocenters. The number of ether oxygens (including phenoxy) is 2. The zero-order valence-electron chi connectivity index (χ0n) is 15.6. The minimum atomic E-state index is -0.383. The van der Waals surface area contributed by atoms with Gasteiger partial charge in [0, 0.05) is 5.69 Å². The van der Waals surface area contributed by atoms with E-state index in [9.17, 15) is 9.59 Å². The maximum Gasteiger partial charge on any atom is 0.338 e. The summed E-state index contributed by atoms with van der Waals surface area (Å²) in [5.74, 6) is 0.450. The van der Waals surface area contributed by atoms with Crippen molar-refractivity contribution < 1.29 is 19.1 Å². The van der Waals surface area contributed by atoms with E-state index < -0.39 is 0 Å². The molecule has 1 N–H and O–H groups in total. The number of carbonyl (C=O) groups is 2. The van der Waals surface area contributed by atoms with Gasteiger partial charge in [-0.15, -0.1) is 0 Å². The van der Waals surface area contributed by atoms with Crippen LogP contribution in [-0.2, 0) is 9.53 Å². The second-order valence-corrected chi connectivity index (χ2v) is 6.59. The Morgan fingerprint density at radius 3 is 2.08 bits per heavy atom. The molecule has 1 amide bonds. The summed E-state index contributed by atoms with van der Waals surface area (Å²) in [6.07, 6.45) is -0.173. The number of hydrogen-bond acceptors (Lipinski definition) is 4. The highest BCUT2D eigenvalue weighted by Crippen LogP contribution is 2.18.